The number of nitrogens with one attached hydrogen (secondary N) is 1. The average Bonchev–Trinajstić information content (AvgIpc) is 2.16. The number of hydrogen-bond acceptors (Lipinski definition) is 2. The predicted octanol–water partition coefficient (Wildman–Crippen LogP) is 2.54. The molecule has 1 heterocycles. The number of halogens is 1. The van der Waals surface area contributed by atoms with Crippen LogP contribution in [0.2, 0.25) is 5.02 Å². The van der Waals surface area contributed by atoms with Crippen molar-refractivity contribution in [2.24, 2.45) is 5.73 Å². The third kappa shape index (κ3) is 2.16. The van der Waals surface area contributed by atoms with Crippen molar-refractivity contribution in [1.82, 2.24) is 4.98 Å². The molecule has 2 aromatic rings. The number of rotatable bonds is 1. The fraction of sp³-hybridized carbons (Fsp3) is 0. The number of anilines is 1. The Balaban J connectivity index is 2.60. The van der Waals surface area contributed by atoms with Crippen molar-refractivity contribution < 1.29 is 0 Å². The van der Waals surface area contributed by atoms with Crippen molar-refractivity contribution in [2.75, 3.05) is 5.32 Å². The summed E-state index contributed by atoms with van der Waals surface area (Å²) in [5.41, 5.74) is 7.07. The number of pyridine rings is 1. The lowest BCUT2D eigenvalue weighted by Gasteiger charge is -2.07. The number of aromatic nitrogens is 1. The molecule has 1 aromatic heterocycles. The molecule has 0 aliphatic carbocycles. The van der Waals surface area contributed by atoms with Crippen LogP contribution in [0.25, 0.3) is 10.9 Å². The van der Waals surface area contributed by atoms with Crippen LogP contribution in [0, 0.1) is 0 Å². The van der Waals surface area contributed by atoms with Crippen LogP contribution in [0.4, 0.5) is 5.69 Å². The molecule has 3 nitrogen and oxygen atoms in total. The summed E-state index contributed by atoms with van der Waals surface area (Å²) in [6.07, 6.45) is 1.68. The zero-order valence-electron chi connectivity index (χ0n) is 7.70. The monoisotopic (exact) mass is 237 g/mol. The largest absolute Gasteiger partial charge is 0.376 e. The maximum absolute atomic E-state index is 5.87. The predicted molar refractivity (Wildman–Crippen MR) is 67.2 cm³/mol. The fourth-order valence-corrected chi connectivity index (χ4v) is 1.64. The van der Waals surface area contributed by atoms with Gasteiger partial charge in [0.1, 0.15) is 0 Å². The molecule has 0 amide bonds. The van der Waals surface area contributed by atoms with Crippen LogP contribution in [0.3, 0.4) is 0 Å². The molecule has 15 heavy (non-hydrogen) atoms. The van der Waals surface area contributed by atoms with Crippen molar-refractivity contribution in [1.29, 1.82) is 0 Å². The molecule has 0 radical (unpaired) electrons. The first-order valence-corrected chi connectivity index (χ1v) is 5.06. The number of fused-ring (bicyclic) bond motifs is 1. The minimum absolute atomic E-state index is 0.234. The number of nitrogens with two attached hydrogens (primary N) is 1. The van der Waals surface area contributed by atoms with E-state index < -0.39 is 0 Å². The van der Waals surface area contributed by atoms with E-state index in [0.29, 0.717) is 5.02 Å². The molecule has 0 aliphatic rings. The quantitative estimate of drug-likeness (QED) is 0.749. The Morgan fingerprint density at radius 1 is 1.40 bits per heavy atom. The van der Waals surface area contributed by atoms with Crippen LogP contribution in [0.1, 0.15) is 0 Å². The van der Waals surface area contributed by atoms with Gasteiger partial charge in [-0.1, -0.05) is 11.6 Å². The summed E-state index contributed by atoms with van der Waals surface area (Å²) in [6, 6.07) is 7.29. The maximum Gasteiger partial charge on any atom is 0.168 e. The van der Waals surface area contributed by atoms with Crippen LogP contribution in [-0.4, -0.2) is 10.1 Å². The number of nitrogens with zero attached hydrogens (tertiary/aromatic N) is 1. The average molecular weight is 238 g/mol. The number of hydrogen-bond donors (Lipinski definition) is 2. The van der Waals surface area contributed by atoms with Gasteiger partial charge in [-0.3, -0.25) is 4.98 Å². The van der Waals surface area contributed by atoms with Crippen LogP contribution in [0.15, 0.2) is 30.5 Å². The number of benzene rings is 1. The molecule has 2 rings (SSSR count). The van der Waals surface area contributed by atoms with E-state index in [1.54, 1.807) is 18.3 Å². The van der Waals surface area contributed by atoms with E-state index in [1.165, 1.54) is 0 Å². The topological polar surface area (TPSA) is 50.9 Å². The standard InChI is InChI=1S/C10H8ClN3S/c11-6-1-2-7-8(14-10(12)15)3-4-13-9(7)5-6/h1-5H,(H3,12,13,14,15). The van der Waals surface area contributed by atoms with Gasteiger partial charge in [0.25, 0.3) is 0 Å². The highest BCUT2D eigenvalue weighted by atomic mass is 35.5. The Kier molecular flexibility index (Phi) is 2.70. The molecule has 5 heteroatoms. The molecule has 0 bridgehead atoms. The van der Waals surface area contributed by atoms with Crippen LogP contribution < -0.4 is 11.1 Å². The van der Waals surface area contributed by atoms with Crippen molar-refractivity contribution in [3.05, 3.63) is 35.5 Å². The molecular weight excluding hydrogens is 230 g/mol. The van der Waals surface area contributed by atoms with E-state index in [4.69, 9.17) is 29.6 Å². The van der Waals surface area contributed by atoms with E-state index in [1.807, 2.05) is 12.1 Å². The van der Waals surface area contributed by atoms with Gasteiger partial charge >= 0.3 is 0 Å². The minimum Gasteiger partial charge on any atom is -0.376 e. The Bertz CT molecular complexity index is 527. The van der Waals surface area contributed by atoms with Gasteiger partial charge < -0.3 is 11.1 Å². The van der Waals surface area contributed by atoms with Crippen LogP contribution >= 0.6 is 23.8 Å². The summed E-state index contributed by atoms with van der Waals surface area (Å²) in [5, 5.41) is 4.72. The Morgan fingerprint density at radius 3 is 2.93 bits per heavy atom. The van der Waals surface area contributed by atoms with Crippen molar-refractivity contribution in [2.45, 2.75) is 0 Å². The minimum atomic E-state index is 0.234. The smallest absolute Gasteiger partial charge is 0.168 e. The molecule has 0 unspecified atom stereocenters. The molecular formula is C10H8ClN3S. The molecule has 0 saturated heterocycles. The van der Waals surface area contributed by atoms with Crippen molar-refractivity contribution in [3.63, 3.8) is 0 Å². The highest BCUT2D eigenvalue weighted by Crippen LogP contribution is 2.23. The summed E-state index contributed by atoms with van der Waals surface area (Å²) in [4.78, 5) is 4.20. The Hall–Kier alpha value is -1.39. The van der Waals surface area contributed by atoms with E-state index in [2.05, 4.69) is 10.3 Å². The first kappa shape index (κ1) is 10.1. The lowest BCUT2D eigenvalue weighted by atomic mass is 10.2. The highest BCUT2D eigenvalue weighted by molar-refractivity contribution is 7.80. The maximum atomic E-state index is 5.87. The Morgan fingerprint density at radius 2 is 2.20 bits per heavy atom. The molecule has 0 atom stereocenters. The highest BCUT2D eigenvalue weighted by Gasteiger charge is 2.02. The SMILES string of the molecule is NC(=S)Nc1ccnc2cc(Cl)ccc12. The van der Waals surface area contributed by atoms with E-state index in [-0.39, 0.29) is 5.11 Å². The molecule has 0 fully saturated rings. The second kappa shape index (κ2) is 4.00. The first-order chi connectivity index (χ1) is 7.16. The van der Waals surface area contributed by atoms with Gasteiger partial charge in [-0.2, -0.15) is 0 Å². The molecule has 0 aliphatic heterocycles. The second-order valence-corrected chi connectivity index (χ2v) is 3.89. The Labute approximate surface area is 97.2 Å². The number of thiocarbonyl (C=S) groups is 1. The van der Waals surface area contributed by atoms with Crippen LogP contribution in [-0.2, 0) is 0 Å². The van der Waals surface area contributed by atoms with Gasteiger partial charge in [0, 0.05) is 16.6 Å². The summed E-state index contributed by atoms with van der Waals surface area (Å²) in [5.74, 6) is 0. The van der Waals surface area contributed by atoms with Gasteiger partial charge in [-0.25, -0.2) is 0 Å². The zero-order chi connectivity index (χ0) is 10.8. The van der Waals surface area contributed by atoms with Crippen LogP contribution in [0.5, 0.6) is 0 Å². The third-order valence-corrected chi connectivity index (χ3v) is 2.30. The van der Waals surface area contributed by atoms with Gasteiger partial charge in [0.05, 0.1) is 11.2 Å². The van der Waals surface area contributed by atoms with Crippen molar-refractivity contribution in [3.8, 4) is 0 Å². The first-order valence-electron chi connectivity index (χ1n) is 4.27. The lowest BCUT2D eigenvalue weighted by molar-refractivity contribution is 1.41. The van der Waals surface area contributed by atoms with Crippen molar-refractivity contribution >= 4 is 45.5 Å². The van der Waals surface area contributed by atoms with Gasteiger partial charge in [0.15, 0.2) is 5.11 Å². The van der Waals surface area contributed by atoms with Gasteiger partial charge in [-0.05, 0) is 36.5 Å². The van der Waals surface area contributed by atoms with E-state index in [0.717, 1.165) is 16.6 Å². The van der Waals surface area contributed by atoms with Gasteiger partial charge in [0.2, 0.25) is 0 Å². The fourth-order valence-electron chi connectivity index (χ4n) is 1.36. The second-order valence-electron chi connectivity index (χ2n) is 3.01. The van der Waals surface area contributed by atoms with E-state index in [9.17, 15) is 0 Å². The van der Waals surface area contributed by atoms with Gasteiger partial charge in [-0.15, -0.1) is 0 Å². The van der Waals surface area contributed by atoms with E-state index >= 15 is 0 Å². The molecule has 0 spiro atoms. The molecule has 76 valence electrons. The lowest BCUT2D eigenvalue weighted by Crippen LogP contribution is -2.19. The molecule has 3 N–H and O–H groups in total. The summed E-state index contributed by atoms with van der Waals surface area (Å²) in [6.45, 7) is 0. The summed E-state index contributed by atoms with van der Waals surface area (Å²) in [7, 11) is 0. The normalized spacial score (nSPS) is 10.2. The zero-order valence-corrected chi connectivity index (χ0v) is 9.27. The molecule has 0 saturated carbocycles. The molecule has 1 aromatic carbocycles. The third-order valence-electron chi connectivity index (χ3n) is 1.96. The summed E-state index contributed by atoms with van der Waals surface area (Å²) >= 11 is 10.7. The summed E-state index contributed by atoms with van der Waals surface area (Å²) < 4.78 is 0.